The molecule has 2 aliphatic rings. The van der Waals surface area contributed by atoms with Gasteiger partial charge in [0.05, 0.1) is 30.0 Å². The van der Waals surface area contributed by atoms with Crippen LogP contribution in [0.2, 0.25) is 0 Å². The summed E-state index contributed by atoms with van der Waals surface area (Å²) in [5, 5.41) is 6.49. The standard InChI is InChI=1S/C18H24N6O3S/c25-28(26)15-5-3-4-14(12-15)22-18-20-13-16(24-8-10-27-11-9-24)17(23-18)19-6-1-2-7-21-28/h3-5,12-13,21H,1-2,6-11H2,(H2,19,20,22,23). The molecule has 0 atom stereocenters. The first-order valence-electron chi connectivity index (χ1n) is 9.42. The van der Waals surface area contributed by atoms with E-state index in [1.54, 1.807) is 30.5 Å². The van der Waals surface area contributed by atoms with Crippen LogP contribution in [0.5, 0.6) is 0 Å². The molecule has 1 saturated heterocycles. The summed E-state index contributed by atoms with van der Waals surface area (Å²) < 4.78 is 33.0. The maximum Gasteiger partial charge on any atom is 0.240 e. The van der Waals surface area contributed by atoms with Gasteiger partial charge in [-0.3, -0.25) is 0 Å². The van der Waals surface area contributed by atoms with Gasteiger partial charge in [-0.1, -0.05) is 6.07 Å². The van der Waals surface area contributed by atoms with Crippen molar-refractivity contribution in [2.75, 3.05) is 54.9 Å². The summed E-state index contributed by atoms with van der Waals surface area (Å²) in [6.45, 7) is 4.07. The molecule has 28 heavy (non-hydrogen) atoms. The molecule has 150 valence electrons. The number of benzene rings is 1. The van der Waals surface area contributed by atoms with Gasteiger partial charge < -0.3 is 20.3 Å². The predicted octanol–water partition coefficient (Wildman–Crippen LogP) is 1.54. The van der Waals surface area contributed by atoms with Gasteiger partial charge in [0.25, 0.3) is 0 Å². The fourth-order valence-electron chi connectivity index (χ4n) is 3.22. The van der Waals surface area contributed by atoms with E-state index in [4.69, 9.17) is 4.74 Å². The highest BCUT2D eigenvalue weighted by Crippen LogP contribution is 2.27. The van der Waals surface area contributed by atoms with Crippen molar-refractivity contribution in [3.63, 3.8) is 0 Å². The molecule has 1 aromatic heterocycles. The molecule has 0 spiro atoms. The monoisotopic (exact) mass is 404 g/mol. The summed E-state index contributed by atoms with van der Waals surface area (Å²) >= 11 is 0. The Bertz CT molecular complexity index is 931. The Morgan fingerprint density at radius 2 is 1.93 bits per heavy atom. The number of anilines is 4. The molecule has 10 heteroatoms. The Kier molecular flexibility index (Phi) is 5.60. The van der Waals surface area contributed by atoms with Gasteiger partial charge in [0.15, 0.2) is 5.82 Å². The second-order valence-electron chi connectivity index (χ2n) is 6.71. The molecule has 9 nitrogen and oxygen atoms in total. The number of hydrogen-bond acceptors (Lipinski definition) is 8. The number of sulfonamides is 1. The Labute approximate surface area is 164 Å². The maximum atomic E-state index is 12.4. The van der Waals surface area contributed by atoms with Crippen LogP contribution < -0.4 is 20.3 Å². The summed E-state index contributed by atoms with van der Waals surface area (Å²) in [6, 6.07) is 6.65. The molecule has 2 aliphatic heterocycles. The summed E-state index contributed by atoms with van der Waals surface area (Å²) in [4.78, 5) is 11.5. The van der Waals surface area contributed by atoms with Gasteiger partial charge in [0.1, 0.15) is 0 Å². The zero-order valence-corrected chi connectivity index (χ0v) is 16.3. The molecule has 1 aromatic carbocycles. The Hall–Kier alpha value is -2.43. The van der Waals surface area contributed by atoms with Crippen LogP contribution in [-0.2, 0) is 14.8 Å². The summed E-state index contributed by atoms with van der Waals surface area (Å²) in [5.74, 6) is 1.19. The van der Waals surface area contributed by atoms with E-state index >= 15 is 0 Å². The van der Waals surface area contributed by atoms with Crippen molar-refractivity contribution in [1.82, 2.24) is 14.7 Å². The number of ether oxygens (including phenoxy) is 1. The van der Waals surface area contributed by atoms with E-state index in [1.807, 2.05) is 0 Å². The molecular formula is C18H24N6O3S. The summed E-state index contributed by atoms with van der Waals surface area (Å²) in [7, 11) is -3.53. The SMILES string of the molecule is O=S1(=O)NCCCCNc2nc(ncc2N2CCOCC2)Nc2cccc1c2. The van der Waals surface area contributed by atoms with Gasteiger partial charge in [-0.05, 0) is 31.0 Å². The van der Waals surface area contributed by atoms with Crippen molar-refractivity contribution < 1.29 is 13.2 Å². The number of aromatic nitrogens is 2. The van der Waals surface area contributed by atoms with Crippen LogP contribution in [-0.4, -0.2) is 57.8 Å². The average molecular weight is 404 g/mol. The molecule has 0 aliphatic carbocycles. The lowest BCUT2D eigenvalue weighted by atomic mass is 10.3. The third kappa shape index (κ3) is 4.34. The van der Waals surface area contributed by atoms with Crippen molar-refractivity contribution >= 4 is 33.2 Å². The Morgan fingerprint density at radius 3 is 2.79 bits per heavy atom. The molecule has 0 amide bonds. The van der Waals surface area contributed by atoms with Crippen LogP contribution in [0, 0.1) is 0 Å². The minimum Gasteiger partial charge on any atom is -0.378 e. The second kappa shape index (κ2) is 8.29. The quantitative estimate of drug-likeness (QED) is 0.657. The highest BCUT2D eigenvalue weighted by Gasteiger charge is 2.18. The van der Waals surface area contributed by atoms with E-state index in [9.17, 15) is 8.42 Å². The molecule has 1 fully saturated rings. The number of fused-ring (bicyclic) bond motifs is 4. The second-order valence-corrected chi connectivity index (χ2v) is 8.48. The summed E-state index contributed by atoms with van der Waals surface area (Å²) in [6.07, 6.45) is 3.35. The van der Waals surface area contributed by atoms with E-state index < -0.39 is 10.0 Å². The van der Waals surface area contributed by atoms with E-state index in [0.717, 1.165) is 37.4 Å². The van der Waals surface area contributed by atoms with Gasteiger partial charge in [-0.2, -0.15) is 4.98 Å². The molecule has 2 aromatic rings. The molecule has 3 heterocycles. The molecule has 4 rings (SSSR count). The zero-order valence-electron chi connectivity index (χ0n) is 15.5. The van der Waals surface area contributed by atoms with Gasteiger partial charge in [-0.15, -0.1) is 0 Å². The first kappa shape index (κ1) is 18.9. The lowest BCUT2D eigenvalue weighted by Gasteiger charge is -2.30. The first-order chi connectivity index (χ1) is 13.6. The largest absolute Gasteiger partial charge is 0.378 e. The van der Waals surface area contributed by atoms with E-state index in [-0.39, 0.29) is 4.90 Å². The lowest BCUT2D eigenvalue weighted by molar-refractivity contribution is 0.122. The fraction of sp³-hybridized carbons (Fsp3) is 0.444. The topological polar surface area (TPSA) is 108 Å². The van der Waals surface area contributed by atoms with Crippen molar-refractivity contribution in [2.45, 2.75) is 17.7 Å². The van der Waals surface area contributed by atoms with Gasteiger partial charge >= 0.3 is 0 Å². The highest BCUT2D eigenvalue weighted by atomic mass is 32.2. The maximum absolute atomic E-state index is 12.4. The first-order valence-corrected chi connectivity index (χ1v) is 10.9. The predicted molar refractivity (Wildman–Crippen MR) is 108 cm³/mol. The highest BCUT2D eigenvalue weighted by molar-refractivity contribution is 7.89. The number of morpholine rings is 1. The van der Waals surface area contributed by atoms with Gasteiger partial charge in [0, 0.05) is 31.9 Å². The number of rotatable bonds is 1. The van der Waals surface area contributed by atoms with Crippen LogP contribution in [0.15, 0.2) is 35.4 Å². The fourth-order valence-corrected chi connectivity index (χ4v) is 4.34. The number of nitrogens with one attached hydrogen (secondary N) is 3. The smallest absolute Gasteiger partial charge is 0.240 e. The normalized spacial score (nSPS) is 19.8. The van der Waals surface area contributed by atoms with Crippen LogP contribution in [0.1, 0.15) is 12.8 Å². The van der Waals surface area contributed by atoms with E-state index in [0.29, 0.717) is 37.9 Å². The molecular weight excluding hydrogens is 380 g/mol. The van der Waals surface area contributed by atoms with Gasteiger partial charge in [0.2, 0.25) is 16.0 Å². The summed E-state index contributed by atoms with van der Waals surface area (Å²) in [5.41, 5.74) is 1.57. The zero-order chi connectivity index (χ0) is 19.4. The molecule has 4 bridgehead atoms. The van der Waals surface area contributed by atoms with Gasteiger partial charge in [-0.25, -0.2) is 18.1 Å². The van der Waals surface area contributed by atoms with Crippen molar-refractivity contribution in [1.29, 1.82) is 0 Å². The number of nitrogens with zero attached hydrogens (tertiary/aromatic N) is 3. The third-order valence-corrected chi connectivity index (χ3v) is 6.17. The minimum absolute atomic E-state index is 0.220. The molecule has 0 radical (unpaired) electrons. The van der Waals surface area contributed by atoms with Crippen LogP contribution in [0.3, 0.4) is 0 Å². The minimum atomic E-state index is -3.53. The van der Waals surface area contributed by atoms with Crippen LogP contribution in [0.25, 0.3) is 0 Å². The molecule has 0 saturated carbocycles. The Balaban J connectivity index is 1.67. The van der Waals surface area contributed by atoms with Crippen molar-refractivity contribution in [3.05, 3.63) is 30.5 Å². The van der Waals surface area contributed by atoms with Crippen molar-refractivity contribution in [3.8, 4) is 0 Å². The van der Waals surface area contributed by atoms with E-state index in [2.05, 4.69) is 30.2 Å². The van der Waals surface area contributed by atoms with E-state index in [1.165, 1.54) is 0 Å². The molecule has 0 unspecified atom stereocenters. The number of hydrogen-bond donors (Lipinski definition) is 3. The molecule has 3 N–H and O–H groups in total. The third-order valence-electron chi connectivity index (χ3n) is 4.71. The van der Waals surface area contributed by atoms with Crippen LogP contribution in [0.4, 0.5) is 23.1 Å². The van der Waals surface area contributed by atoms with Crippen molar-refractivity contribution in [2.24, 2.45) is 0 Å². The average Bonchev–Trinajstić information content (AvgIpc) is 2.71. The lowest BCUT2D eigenvalue weighted by Crippen LogP contribution is -2.37. The van der Waals surface area contributed by atoms with Crippen LogP contribution >= 0.6 is 0 Å². The Morgan fingerprint density at radius 1 is 1.11 bits per heavy atom.